The first-order valence-electron chi connectivity index (χ1n) is 8.10. The molecule has 0 saturated heterocycles. The van der Waals surface area contributed by atoms with Gasteiger partial charge >= 0.3 is 0 Å². The Balaban J connectivity index is 1.87. The first-order chi connectivity index (χ1) is 12.1. The number of aliphatic imine (C=N–C) groups is 1. The molecule has 2 aliphatic rings. The predicted molar refractivity (Wildman–Crippen MR) is 93.9 cm³/mol. The van der Waals surface area contributed by atoms with Crippen LogP contribution in [0.5, 0.6) is 0 Å². The summed E-state index contributed by atoms with van der Waals surface area (Å²) < 4.78 is 13.4. The SMILES string of the molecule is O=C1CCCC2=C1C(c1ccc(F)cc1Cl)=NC(c1ccncc1)N2. The van der Waals surface area contributed by atoms with Gasteiger partial charge in [-0.15, -0.1) is 0 Å². The summed E-state index contributed by atoms with van der Waals surface area (Å²) >= 11 is 6.25. The zero-order valence-electron chi connectivity index (χ0n) is 13.3. The Bertz CT molecular complexity index is 908. The summed E-state index contributed by atoms with van der Waals surface area (Å²) in [6, 6.07) is 7.91. The number of aromatic nitrogens is 1. The zero-order chi connectivity index (χ0) is 17.4. The van der Waals surface area contributed by atoms with Crippen molar-refractivity contribution >= 4 is 23.1 Å². The van der Waals surface area contributed by atoms with Crippen LogP contribution in [0.3, 0.4) is 0 Å². The third-order valence-electron chi connectivity index (χ3n) is 4.43. The van der Waals surface area contributed by atoms with Crippen LogP contribution in [-0.4, -0.2) is 16.5 Å². The van der Waals surface area contributed by atoms with E-state index in [0.29, 0.717) is 23.3 Å². The minimum Gasteiger partial charge on any atom is -0.363 e. The van der Waals surface area contributed by atoms with Gasteiger partial charge in [-0.1, -0.05) is 11.6 Å². The Labute approximate surface area is 149 Å². The lowest BCUT2D eigenvalue weighted by molar-refractivity contribution is -0.115. The fourth-order valence-corrected chi connectivity index (χ4v) is 3.50. The third-order valence-corrected chi connectivity index (χ3v) is 4.74. The van der Waals surface area contributed by atoms with Gasteiger partial charge in [0.25, 0.3) is 0 Å². The van der Waals surface area contributed by atoms with E-state index in [4.69, 9.17) is 16.6 Å². The molecule has 2 heterocycles. The first-order valence-corrected chi connectivity index (χ1v) is 8.47. The molecule has 4 rings (SSSR count). The monoisotopic (exact) mass is 355 g/mol. The average molecular weight is 356 g/mol. The maximum absolute atomic E-state index is 13.4. The van der Waals surface area contributed by atoms with Crippen molar-refractivity contribution < 1.29 is 9.18 Å². The number of halogens is 2. The van der Waals surface area contributed by atoms with Crippen molar-refractivity contribution in [2.75, 3.05) is 0 Å². The molecule has 0 spiro atoms. The number of benzene rings is 1. The van der Waals surface area contributed by atoms with E-state index in [1.807, 2.05) is 12.1 Å². The van der Waals surface area contributed by atoms with Crippen molar-refractivity contribution in [3.63, 3.8) is 0 Å². The van der Waals surface area contributed by atoms with Gasteiger partial charge in [0.1, 0.15) is 12.0 Å². The van der Waals surface area contributed by atoms with Gasteiger partial charge in [0, 0.05) is 30.1 Å². The summed E-state index contributed by atoms with van der Waals surface area (Å²) in [4.78, 5) is 21.3. The standard InChI is InChI=1S/C19H15ClFN3O/c20-14-10-12(21)4-5-13(14)18-17-15(2-1-3-16(17)25)23-19(24-18)11-6-8-22-9-7-11/h4-10,19,23H,1-3H2. The van der Waals surface area contributed by atoms with Gasteiger partial charge in [0.2, 0.25) is 0 Å². The summed E-state index contributed by atoms with van der Waals surface area (Å²) in [6.07, 6.45) is 5.14. The quantitative estimate of drug-likeness (QED) is 0.886. The van der Waals surface area contributed by atoms with Gasteiger partial charge in [-0.25, -0.2) is 4.39 Å². The third kappa shape index (κ3) is 2.96. The highest BCUT2D eigenvalue weighted by Crippen LogP contribution is 2.33. The fraction of sp³-hybridized carbons (Fsp3) is 0.211. The van der Waals surface area contributed by atoms with Gasteiger partial charge in [-0.3, -0.25) is 14.8 Å². The Hall–Kier alpha value is -2.53. The summed E-state index contributed by atoms with van der Waals surface area (Å²) in [6.45, 7) is 0. The number of rotatable bonds is 2. The normalized spacial score (nSPS) is 20.0. The summed E-state index contributed by atoms with van der Waals surface area (Å²) in [7, 11) is 0. The molecule has 1 aromatic heterocycles. The Kier molecular flexibility index (Phi) is 4.09. The number of allylic oxidation sites excluding steroid dienone is 2. The Morgan fingerprint density at radius 3 is 2.72 bits per heavy atom. The molecule has 126 valence electrons. The lowest BCUT2D eigenvalue weighted by atomic mass is 9.87. The smallest absolute Gasteiger partial charge is 0.166 e. The lowest BCUT2D eigenvalue weighted by Gasteiger charge is -2.31. The van der Waals surface area contributed by atoms with Crippen molar-refractivity contribution in [2.24, 2.45) is 4.99 Å². The first kappa shape index (κ1) is 16.0. The molecule has 1 atom stereocenters. The minimum atomic E-state index is -0.418. The molecular formula is C19H15ClFN3O. The van der Waals surface area contributed by atoms with Crippen molar-refractivity contribution in [2.45, 2.75) is 25.4 Å². The van der Waals surface area contributed by atoms with Crippen molar-refractivity contribution in [1.82, 2.24) is 10.3 Å². The van der Waals surface area contributed by atoms with Crippen LogP contribution in [0, 0.1) is 5.82 Å². The minimum absolute atomic E-state index is 0.0427. The number of ketones is 1. The van der Waals surface area contributed by atoms with E-state index >= 15 is 0 Å². The number of nitrogens with one attached hydrogen (secondary N) is 1. The van der Waals surface area contributed by atoms with Crippen LogP contribution in [-0.2, 0) is 4.79 Å². The Morgan fingerprint density at radius 1 is 1.16 bits per heavy atom. The van der Waals surface area contributed by atoms with Crippen LogP contribution in [0.1, 0.15) is 36.6 Å². The molecule has 0 saturated carbocycles. The number of Topliss-reactive ketones (excluding diaryl/α,β-unsaturated/α-hetero) is 1. The van der Waals surface area contributed by atoms with Crippen molar-refractivity contribution in [3.05, 3.63) is 76.0 Å². The predicted octanol–water partition coefficient (Wildman–Crippen LogP) is 3.97. The van der Waals surface area contributed by atoms with E-state index in [-0.39, 0.29) is 17.0 Å². The highest BCUT2D eigenvalue weighted by Gasteiger charge is 2.32. The van der Waals surface area contributed by atoms with Crippen molar-refractivity contribution in [3.8, 4) is 0 Å². The number of nitrogens with zero attached hydrogens (tertiary/aromatic N) is 2. The lowest BCUT2D eigenvalue weighted by Crippen LogP contribution is -2.34. The number of hydrogen-bond donors (Lipinski definition) is 1. The maximum atomic E-state index is 13.4. The number of hydrogen-bond acceptors (Lipinski definition) is 4. The van der Waals surface area contributed by atoms with Crippen LogP contribution in [0.25, 0.3) is 0 Å². The van der Waals surface area contributed by atoms with Gasteiger partial charge in [0.05, 0.1) is 16.3 Å². The van der Waals surface area contributed by atoms with Crippen molar-refractivity contribution in [1.29, 1.82) is 0 Å². The van der Waals surface area contributed by atoms with E-state index in [9.17, 15) is 9.18 Å². The summed E-state index contributed by atoms with van der Waals surface area (Å²) in [5.41, 5.74) is 3.50. The molecule has 0 amide bonds. The zero-order valence-corrected chi connectivity index (χ0v) is 14.1. The van der Waals surface area contributed by atoms with E-state index in [2.05, 4.69) is 10.3 Å². The van der Waals surface area contributed by atoms with Gasteiger partial charge in [-0.2, -0.15) is 0 Å². The van der Waals surface area contributed by atoms with E-state index in [0.717, 1.165) is 24.1 Å². The molecule has 0 bridgehead atoms. The van der Waals surface area contributed by atoms with E-state index in [1.165, 1.54) is 12.1 Å². The second kappa shape index (κ2) is 6.41. The van der Waals surface area contributed by atoms with E-state index in [1.54, 1.807) is 18.5 Å². The average Bonchev–Trinajstić information content (AvgIpc) is 2.62. The van der Waals surface area contributed by atoms with Crippen LogP contribution < -0.4 is 5.32 Å². The molecule has 1 aromatic carbocycles. The molecule has 6 heteroatoms. The van der Waals surface area contributed by atoms with Gasteiger partial charge in [-0.05, 0) is 48.7 Å². The second-order valence-electron chi connectivity index (χ2n) is 6.06. The molecular weight excluding hydrogens is 341 g/mol. The Morgan fingerprint density at radius 2 is 1.96 bits per heavy atom. The summed E-state index contributed by atoms with van der Waals surface area (Å²) in [5, 5.41) is 3.61. The molecule has 1 aliphatic carbocycles. The molecule has 0 radical (unpaired) electrons. The molecule has 4 nitrogen and oxygen atoms in total. The number of pyridine rings is 1. The molecule has 1 unspecified atom stereocenters. The van der Waals surface area contributed by atoms with Crippen LogP contribution in [0.15, 0.2) is 59.0 Å². The van der Waals surface area contributed by atoms with Crippen LogP contribution in [0.2, 0.25) is 5.02 Å². The summed E-state index contributed by atoms with van der Waals surface area (Å²) in [5.74, 6) is -0.376. The number of carbonyl (C=O) groups is 1. The molecule has 25 heavy (non-hydrogen) atoms. The van der Waals surface area contributed by atoms with E-state index < -0.39 is 5.82 Å². The van der Waals surface area contributed by atoms with Crippen LogP contribution in [0.4, 0.5) is 4.39 Å². The molecule has 2 aromatic rings. The van der Waals surface area contributed by atoms with Crippen LogP contribution >= 0.6 is 11.6 Å². The fourth-order valence-electron chi connectivity index (χ4n) is 3.24. The highest BCUT2D eigenvalue weighted by atomic mass is 35.5. The molecule has 0 fully saturated rings. The largest absolute Gasteiger partial charge is 0.363 e. The van der Waals surface area contributed by atoms with Gasteiger partial charge < -0.3 is 5.32 Å². The topological polar surface area (TPSA) is 54.4 Å². The maximum Gasteiger partial charge on any atom is 0.166 e. The number of carbonyl (C=O) groups excluding carboxylic acids is 1. The highest BCUT2D eigenvalue weighted by molar-refractivity contribution is 6.38. The second-order valence-corrected chi connectivity index (χ2v) is 6.47. The molecule has 1 aliphatic heterocycles. The van der Waals surface area contributed by atoms with Gasteiger partial charge in [0.15, 0.2) is 5.78 Å². The molecule has 1 N–H and O–H groups in total.